The molecular formula is C22H21FN2O3S. The first kappa shape index (κ1) is 20.7. The highest BCUT2D eigenvalue weighted by atomic mass is 32.2. The van der Waals surface area contributed by atoms with Crippen molar-refractivity contribution in [2.75, 3.05) is 11.9 Å². The van der Waals surface area contributed by atoms with Crippen LogP contribution >= 0.6 is 0 Å². The average molecular weight is 412 g/mol. The Labute approximate surface area is 169 Å². The van der Waals surface area contributed by atoms with E-state index in [-0.39, 0.29) is 12.1 Å². The maximum absolute atomic E-state index is 14.2. The van der Waals surface area contributed by atoms with Crippen molar-refractivity contribution < 1.29 is 17.6 Å². The number of benzene rings is 3. The molecule has 150 valence electrons. The van der Waals surface area contributed by atoms with Gasteiger partial charge in [-0.05, 0) is 48.7 Å². The number of halogens is 1. The second kappa shape index (κ2) is 8.98. The van der Waals surface area contributed by atoms with Crippen LogP contribution in [-0.2, 0) is 16.4 Å². The molecule has 0 fully saturated rings. The lowest BCUT2D eigenvalue weighted by Crippen LogP contribution is -2.27. The Morgan fingerprint density at radius 3 is 2.38 bits per heavy atom. The Hall–Kier alpha value is -3.03. The van der Waals surface area contributed by atoms with Gasteiger partial charge in [-0.15, -0.1) is 0 Å². The molecule has 5 nitrogen and oxygen atoms in total. The molecular weight excluding hydrogens is 391 g/mol. The summed E-state index contributed by atoms with van der Waals surface area (Å²) in [7, 11) is -4.10. The molecule has 2 N–H and O–H groups in total. The summed E-state index contributed by atoms with van der Waals surface area (Å²) in [5.41, 5.74) is 2.48. The smallest absolute Gasteiger partial charge is 0.255 e. The summed E-state index contributed by atoms with van der Waals surface area (Å²) in [4.78, 5) is 12.0. The summed E-state index contributed by atoms with van der Waals surface area (Å²) in [6, 6.07) is 19.8. The van der Waals surface area contributed by atoms with Crippen LogP contribution in [0.2, 0.25) is 0 Å². The van der Waals surface area contributed by atoms with E-state index in [1.54, 1.807) is 12.1 Å². The number of hydrogen-bond acceptors (Lipinski definition) is 3. The van der Waals surface area contributed by atoms with Crippen LogP contribution in [0.5, 0.6) is 0 Å². The molecule has 0 saturated carbocycles. The molecule has 0 bridgehead atoms. The molecule has 0 atom stereocenters. The van der Waals surface area contributed by atoms with Gasteiger partial charge in [0.25, 0.3) is 5.91 Å². The maximum atomic E-state index is 14.2. The normalized spacial score (nSPS) is 11.2. The molecule has 0 radical (unpaired) electrons. The van der Waals surface area contributed by atoms with E-state index in [0.29, 0.717) is 12.1 Å². The van der Waals surface area contributed by atoms with Gasteiger partial charge in [-0.2, -0.15) is 0 Å². The van der Waals surface area contributed by atoms with Gasteiger partial charge in [0.2, 0.25) is 10.0 Å². The van der Waals surface area contributed by atoms with E-state index in [2.05, 4.69) is 10.0 Å². The van der Waals surface area contributed by atoms with Crippen LogP contribution in [0.15, 0.2) is 77.7 Å². The SMILES string of the molecule is Cc1ccccc1NC(=O)c1ccc(F)c(S(=O)(=O)NCCc2ccccc2)c1. The zero-order valence-corrected chi connectivity index (χ0v) is 16.7. The van der Waals surface area contributed by atoms with Crippen LogP contribution in [0.1, 0.15) is 21.5 Å². The summed E-state index contributed by atoms with van der Waals surface area (Å²) >= 11 is 0. The van der Waals surface area contributed by atoms with Gasteiger partial charge in [-0.3, -0.25) is 4.79 Å². The molecule has 3 aromatic rings. The first-order valence-electron chi connectivity index (χ1n) is 9.07. The molecule has 1 amide bonds. The monoisotopic (exact) mass is 412 g/mol. The minimum atomic E-state index is -4.10. The molecule has 0 aliphatic heterocycles. The van der Waals surface area contributed by atoms with Gasteiger partial charge in [0.05, 0.1) is 0 Å². The first-order chi connectivity index (χ1) is 13.9. The lowest BCUT2D eigenvalue weighted by molar-refractivity contribution is 0.102. The number of amides is 1. The highest BCUT2D eigenvalue weighted by Crippen LogP contribution is 2.19. The zero-order chi connectivity index (χ0) is 20.9. The van der Waals surface area contributed by atoms with Gasteiger partial charge < -0.3 is 5.32 Å². The first-order valence-corrected chi connectivity index (χ1v) is 10.6. The van der Waals surface area contributed by atoms with E-state index in [1.165, 1.54) is 6.07 Å². The van der Waals surface area contributed by atoms with Crippen molar-refractivity contribution >= 4 is 21.6 Å². The van der Waals surface area contributed by atoms with Crippen molar-refractivity contribution in [2.45, 2.75) is 18.2 Å². The third kappa shape index (κ3) is 5.28. The fourth-order valence-electron chi connectivity index (χ4n) is 2.81. The van der Waals surface area contributed by atoms with Gasteiger partial charge in [0.1, 0.15) is 10.7 Å². The Balaban J connectivity index is 1.75. The third-order valence-electron chi connectivity index (χ3n) is 4.42. The third-order valence-corrected chi connectivity index (χ3v) is 5.90. The number of hydrogen-bond donors (Lipinski definition) is 2. The zero-order valence-electron chi connectivity index (χ0n) is 15.9. The number of anilines is 1. The summed E-state index contributed by atoms with van der Waals surface area (Å²) < 4.78 is 41.7. The second-order valence-electron chi connectivity index (χ2n) is 6.55. The van der Waals surface area contributed by atoms with Gasteiger partial charge in [0.15, 0.2) is 0 Å². The summed E-state index contributed by atoms with van der Waals surface area (Å²) in [5.74, 6) is -1.43. The molecule has 0 spiro atoms. The van der Waals surface area contributed by atoms with E-state index >= 15 is 0 Å². The fourth-order valence-corrected chi connectivity index (χ4v) is 3.94. The molecule has 0 aromatic heterocycles. The largest absolute Gasteiger partial charge is 0.322 e. The minimum absolute atomic E-state index is 0.0538. The number of aryl methyl sites for hydroxylation is 1. The van der Waals surface area contributed by atoms with Gasteiger partial charge in [-0.1, -0.05) is 48.5 Å². The summed E-state index contributed by atoms with van der Waals surface area (Å²) in [5, 5.41) is 2.71. The molecule has 29 heavy (non-hydrogen) atoms. The molecule has 3 aromatic carbocycles. The predicted octanol–water partition coefficient (Wildman–Crippen LogP) is 3.91. The van der Waals surface area contributed by atoms with E-state index in [0.717, 1.165) is 23.3 Å². The van der Waals surface area contributed by atoms with Crippen molar-refractivity contribution in [3.63, 3.8) is 0 Å². The molecule has 3 rings (SSSR count). The summed E-state index contributed by atoms with van der Waals surface area (Å²) in [6.45, 7) is 1.96. The van der Waals surface area contributed by atoms with Crippen LogP contribution in [0.25, 0.3) is 0 Å². The van der Waals surface area contributed by atoms with E-state index in [4.69, 9.17) is 0 Å². The Morgan fingerprint density at radius 1 is 0.966 bits per heavy atom. The quantitative estimate of drug-likeness (QED) is 0.618. The van der Waals surface area contributed by atoms with Crippen LogP contribution in [0.4, 0.5) is 10.1 Å². The average Bonchev–Trinajstić information content (AvgIpc) is 2.70. The number of para-hydroxylation sites is 1. The van der Waals surface area contributed by atoms with Crippen molar-refractivity contribution in [3.05, 3.63) is 95.3 Å². The van der Waals surface area contributed by atoms with Crippen LogP contribution < -0.4 is 10.0 Å². The maximum Gasteiger partial charge on any atom is 0.255 e. The molecule has 0 aliphatic rings. The fraction of sp³-hybridized carbons (Fsp3) is 0.136. The highest BCUT2D eigenvalue weighted by Gasteiger charge is 2.21. The number of rotatable bonds is 7. The highest BCUT2D eigenvalue weighted by molar-refractivity contribution is 7.89. The number of carbonyl (C=O) groups excluding carboxylic acids is 1. The molecule has 0 heterocycles. The van der Waals surface area contributed by atoms with Crippen molar-refractivity contribution in [2.24, 2.45) is 0 Å². The number of carbonyl (C=O) groups is 1. The predicted molar refractivity (Wildman–Crippen MR) is 111 cm³/mol. The Bertz CT molecular complexity index is 1120. The van der Waals surface area contributed by atoms with E-state index in [1.807, 2.05) is 49.4 Å². The van der Waals surface area contributed by atoms with E-state index < -0.39 is 26.6 Å². The minimum Gasteiger partial charge on any atom is -0.322 e. The van der Waals surface area contributed by atoms with Crippen LogP contribution in [0.3, 0.4) is 0 Å². The lowest BCUT2D eigenvalue weighted by Gasteiger charge is -2.11. The molecule has 0 unspecified atom stereocenters. The van der Waals surface area contributed by atoms with Crippen LogP contribution in [-0.4, -0.2) is 20.9 Å². The van der Waals surface area contributed by atoms with Crippen molar-refractivity contribution in [1.82, 2.24) is 4.72 Å². The lowest BCUT2D eigenvalue weighted by atomic mass is 10.1. The standard InChI is InChI=1S/C22H21FN2O3S/c1-16-7-5-6-10-20(16)25-22(26)18-11-12-19(23)21(15-18)29(27,28)24-14-13-17-8-3-2-4-9-17/h2-12,15,24H,13-14H2,1H3,(H,25,26). The molecule has 0 saturated heterocycles. The topological polar surface area (TPSA) is 75.3 Å². The Kier molecular flexibility index (Phi) is 6.41. The van der Waals surface area contributed by atoms with Gasteiger partial charge >= 0.3 is 0 Å². The molecule has 0 aliphatic carbocycles. The Morgan fingerprint density at radius 2 is 1.66 bits per heavy atom. The van der Waals surface area contributed by atoms with Crippen LogP contribution in [0, 0.1) is 12.7 Å². The van der Waals surface area contributed by atoms with Crippen molar-refractivity contribution in [3.8, 4) is 0 Å². The van der Waals surface area contributed by atoms with Gasteiger partial charge in [0, 0.05) is 17.8 Å². The van der Waals surface area contributed by atoms with Crippen molar-refractivity contribution in [1.29, 1.82) is 0 Å². The van der Waals surface area contributed by atoms with E-state index in [9.17, 15) is 17.6 Å². The number of sulfonamides is 1. The second-order valence-corrected chi connectivity index (χ2v) is 8.28. The molecule has 7 heteroatoms. The summed E-state index contributed by atoms with van der Waals surface area (Å²) in [6.07, 6.45) is 0.467. The van der Waals surface area contributed by atoms with Gasteiger partial charge in [-0.25, -0.2) is 17.5 Å². The number of nitrogens with one attached hydrogen (secondary N) is 2.